The Labute approximate surface area is 205 Å². The standard InChI is InChI=1S/C24H39N5O6/c1-3-4-5-6-7-8-9-10-11-12-13-18(27-28-25)23(32)34-16-20-19(30)14-21(35-20)29-15-17(2)22(31)26-24(29)33/h15,18-21,30H,3-14,16H2,1-2H3,(H,26,31,33)/t18?,19-,20+,21+/m0/s1. The molecule has 1 aliphatic rings. The predicted octanol–water partition coefficient (Wildman–Crippen LogP) is 4.03. The highest BCUT2D eigenvalue weighted by Gasteiger charge is 2.36. The Bertz CT molecular complexity index is 954. The Kier molecular flexibility index (Phi) is 12.6. The molecular weight excluding hydrogens is 454 g/mol. The number of aliphatic hydroxyl groups is 1. The first kappa shape index (κ1) is 28.6. The number of azide groups is 1. The molecule has 0 saturated carbocycles. The smallest absolute Gasteiger partial charge is 0.330 e. The lowest BCUT2D eigenvalue weighted by Gasteiger charge is -2.17. The summed E-state index contributed by atoms with van der Waals surface area (Å²) in [6.07, 6.45) is 10.9. The zero-order chi connectivity index (χ0) is 25.6. The summed E-state index contributed by atoms with van der Waals surface area (Å²) in [4.78, 5) is 41.1. The molecule has 0 amide bonds. The Morgan fingerprint density at radius 2 is 1.86 bits per heavy atom. The number of aliphatic hydroxyl groups excluding tert-OH is 1. The summed E-state index contributed by atoms with van der Waals surface area (Å²) in [5, 5.41) is 13.9. The molecule has 0 bridgehead atoms. The summed E-state index contributed by atoms with van der Waals surface area (Å²) in [6, 6.07) is -0.923. The fourth-order valence-electron chi connectivity index (χ4n) is 4.21. The van der Waals surface area contributed by atoms with Gasteiger partial charge in [-0.15, -0.1) is 0 Å². The van der Waals surface area contributed by atoms with Gasteiger partial charge < -0.3 is 14.6 Å². The number of carbonyl (C=O) groups is 1. The second-order valence-electron chi connectivity index (χ2n) is 9.23. The number of carbonyl (C=O) groups excluding carboxylic acids is 1. The molecule has 11 nitrogen and oxygen atoms in total. The van der Waals surface area contributed by atoms with Crippen LogP contribution in [0.4, 0.5) is 0 Å². The quantitative estimate of drug-likeness (QED) is 0.116. The first-order valence-corrected chi connectivity index (χ1v) is 12.7. The number of aromatic nitrogens is 2. The molecule has 1 fully saturated rings. The van der Waals surface area contributed by atoms with Crippen LogP contribution in [0.1, 0.15) is 95.8 Å². The lowest BCUT2D eigenvalue weighted by molar-refractivity contribution is -0.151. The molecule has 0 aromatic carbocycles. The van der Waals surface area contributed by atoms with Gasteiger partial charge in [0.1, 0.15) is 25.0 Å². The van der Waals surface area contributed by atoms with Gasteiger partial charge in [0.25, 0.3) is 5.56 Å². The van der Waals surface area contributed by atoms with E-state index in [1.165, 1.54) is 55.7 Å². The fourth-order valence-corrected chi connectivity index (χ4v) is 4.21. The molecule has 1 aromatic rings. The van der Waals surface area contributed by atoms with Gasteiger partial charge in [-0.25, -0.2) is 4.79 Å². The number of H-pyrrole nitrogens is 1. The van der Waals surface area contributed by atoms with Gasteiger partial charge in [0.05, 0.1) is 6.10 Å². The van der Waals surface area contributed by atoms with E-state index in [0.717, 1.165) is 19.3 Å². The highest BCUT2D eigenvalue weighted by atomic mass is 16.6. The van der Waals surface area contributed by atoms with Crippen molar-refractivity contribution < 1.29 is 19.4 Å². The van der Waals surface area contributed by atoms with Crippen LogP contribution in [-0.4, -0.2) is 45.5 Å². The first-order chi connectivity index (χ1) is 16.9. The predicted molar refractivity (Wildman–Crippen MR) is 131 cm³/mol. The van der Waals surface area contributed by atoms with Gasteiger partial charge in [0.2, 0.25) is 0 Å². The van der Waals surface area contributed by atoms with Crippen molar-refractivity contribution in [1.29, 1.82) is 0 Å². The van der Waals surface area contributed by atoms with Crippen LogP contribution < -0.4 is 11.2 Å². The number of ether oxygens (including phenoxy) is 2. The van der Waals surface area contributed by atoms with Gasteiger partial charge in [0.15, 0.2) is 0 Å². The number of aryl methyl sites for hydroxylation is 1. The average Bonchev–Trinajstić information content (AvgIpc) is 3.20. The lowest BCUT2D eigenvalue weighted by atomic mass is 10.0. The van der Waals surface area contributed by atoms with E-state index in [-0.39, 0.29) is 13.0 Å². The van der Waals surface area contributed by atoms with Crippen LogP contribution in [0.3, 0.4) is 0 Å². The molecule has 0 aliphatic carbocycles. The van der Waals surface area contributed by atoms with Crippen LogP contribution >= 0.6 is 0 Å². The highest BCUT2D eigenvalue weighted by Crippen LogP contribution is 2.28. The molecule has 0 radical (unpaired) electrons. The Balaban J connectivity index is 1.73. The lowest BCUT2D eigenvalue weighted by Crippen LogP contribution is -2.34. The molecule has 196 valence electrons. The maximum absolute atomic E-state index is 12.5. The maximum atomic E-state index is 12.5. The van der Waals surface area contributed by atoms with Gasteiger partial charge in [-0.3, -0.25) is 19.1 Å². The molecule has 1 aliphatic heterocycles. The van der Waals surface area contributed by atoms with Crippen molar-refractivity contribution in [2.24, 2.45) is 5.11 Å². The van der Waals surface area contributed by atoms with E-state index < -0.39 is 41.7 Å². The molecule has 1 unspecified atom stereocenters. The number of aromatic amines is 1. The van der Waals surface area contributed by atoms with Crippen LogP contribution in [0.15, 0.2) is 20.9 Å². The van der Waals surface area contributed by atoms with Crippen molar-refractivity contribution in [2.45, 2.75) is 115 Å². The van der Waals surface area contributed by atoms with E-state index in [0.29, 0.717) is 12.0 Å². The second kappa shape index (κ2) is 15.4. The van der Waals surface area contributed by atoms with Crippen LogP contribution in [0.2, 0.25) is 0 Å². The van der Waals surface area contributed by atoms with Crippen molar-refractivity contribution in [3.63, 3.8) is 0 Å². The molecule has 0 spiro atoms. The van der Waals surface area contributed by atoms with E-state index in [4.69, 9.17) is 15.0 Å². The number of hydrogen-bond acceptors (Lipinski definition) is 7. The average molecular weight is 494 g/mol. The van der Waals surface area contributed by atoms with Crippen molar-refractivity contribution in [1.82, 2.24) is 9.55 Å². The fraction of sp³-hybridized carbons (Fsp3) is 0.792. The summed E-state index contributed by atoms with van der Waals surface area (Å²) >= 11 is 0. The summed E-state index contributed by atoms with van der Waals surface area (Å²) in [6.45, 7) is 3.54. The van der Waals surface area contributed by atoms with Gasteiger partial charge in [-0.2, -0.15) is 0 Å². The van der Waals surface area contributed by atoms with E-state index in [2.05, 4.69) is 21.9 Å². The third kappa shape index (κ3) is 9.51. The summed E-state index contributed by atoms with van der Waals surface area (Å²) in [5.74, 6) is -0.657. The molecule has 2 heterocycles. The van der Waals surface area contributed by atoms with Crippen molar-refractivity contribution in [3.8, 4) is 0 Å². The van der Waals surface area contributed by atoms with Crippen LogP contribution in [0.5, 0.6) is 0 Å². The second-order valence-corrected chi connectivity index (χ2v) is 9.23. The maximum Gasteiger partial charge on any atom is 0.330 e. The monoisotopic (exact) mass is 493 g/mol. The Morgan fingerprint density at radius 1 is 1.23 bits per heavy atom. The number of esters is 1. The number of unbranched alkanes of at least 4 members (excludes halogenated alkanes) is 9. The van der Waals surface area contributed by atoms with Crippen molar-refractivity contribution in [2.75, 3.05) is 6.61 Å². The number of rotatable bonds is 16. The zero-order valence-corrected chi connectivity index (χ0v) is 20.9. The normalized spacial score (nSPS) is 20.4. The summed E-state index contributed by atoms with van der Waals surface area (Å²) in [7, 11) is 0. The highest BCUT2D eigenvalue weighted by molar-refractivity contribution is 5.75. The summed E-state index contributed by atoms with van der Waals surface area (Å²) in [5.41, 5.74) is 8.03. The van der Waals surface area contributed by atoms with Crippen LogP contribution in [-0.2, 0) is 14.3 Å². The number of nitrogens with zero attached hydrogens (tertiary/aromatic N) is 4. The zero-order valence-electron chi connectivity index (χ0n) is 20.9. The molecule has 1 aromatic heterocycles. The molecular formula is C24H39N5O6. The molecule has 2 rings (SSSR count). The Morgan fingerprint density at radius 3 is 2.49 bits per heavy atom. The third-order valence-electron chi connectivity index (χ3n) is 6.34. The van der Waals surface area contributed by atoms with Gasteiger partial charge in [-0.1, -0.05) is 76.2 Å². The van der Waals surface area contributed by atoms with Gasteiger partial charge >= 0.3 is 11.7 Å². The van der Waals surface area contributed by atoms with Crippen LogP contribution in [0.25, 0.3) is 10.4 Å². The van der Waals surface area contributed by atoms with Crippen molar-refractivity contribution in [3.05, 3.63) is 43.0 Å². The molecule has 1 saturated heterocycles. The SMILES string of the molecule is CCCCCCCCCCCCC(N=[N+]=[N-])C(=O)OC[C@H]1O[C@@H](n2cc(C)c(=O)[nH]c2=O)C[C@@H]1O. The molecule has 4 atom stereocenters. The van der Waals surface area contributed by atoms with Gasteiger partial charge in [0, 0.05) is 23.1 Å². The molecule has 11 heteroatoms. The van der Waals surface area contributed by atoms with Crippen LogP contribution in [0, 0.1) is 6.92 Å². The molecule has 35 heavy (non-hydrogen) atoms. The summed E-state index contributed by atoms with van der Waals surface area (Å²) < 4.78 is 12.2. The minimum Gasteiger partial charge on any atom is -0.463 e. The van der Waals surface area contributed by atoms with Gasteiger partial charge in [-0.05, 0) is 18.9 Å². The molecule has 2 N–H and O–H groups in total. The van der Waals surface area contributed by atoms with E-state index >= 15 is 0 Å². The third-order valence-corrected chi connectivity index (χ3v) is 6.34. The topological polar surface area (TPSA) is 159 Å². The number of hydrogen-bond donors (Lipinski definition) is 2. The largest absolute Gasteiger partial charge is 0.463 e. The van der Waals surface area contributed by atoms with E-state index in [9.17, 15) is 19.5 Å². The van der Waals surface area contributed by atoms with E-state index in [1.807, 2.05) is 0 Å². The first-order valence-electron chi connectivity index (χ1n) is 12.7. The minimum absolute atomic E-state index is 0.103. The number of nitrogens with one attached hydrogen (secondary N) is 1. The minimum atomic E-state index is -0.966. The Hall–Kier alpha value is -2.62. The van der Waals surface area contributed by atoms with E-state index in [1.54, 1.807) is 6.92 Å². The van der Waals surface area contributed by atoms with Crippen molar-refractivity contribution >= 4 is 5.97 Å².